The van der Waals surface area contributed by atoms with E-state index in [-0.39, 0.29) is 0 Å². The van der Waals surface area contributed by atoms with Crippen molar-refractivity contribution in [3.8, 4) is 11.1 Å². The van der Waals surface area contributed by atoms with Crippen LogP contribution in [0.1, 0.15) is 5.69 Å². The highest BCUT2D eigenvalue weighted by atomic mass is 15.3. The average molecular weight is 368 g/mol. The summed E-state index contributed by atoms with van der Waals surface area (Å²) in [6.07, 6.45) is 7.37. The number of anilines is 1. The van der Waals surface area contributed by atoms with Crippen LogP contribution < -0.4 is 5.32 Å². The molecule has 0 bridgehead atoms. The molecule has 1 N–H and O–H groups in total. The Hall–Kier alpha value is -3.67. The van der Waals surface area contributed by atoms with Gasteiger partial charge in [0.05, 0.1) is 23.3 Å². The minimum atomic E-state index is 0.693. The second-order valence-corrected chi connectivity index (χ2v) is 6.95. The zero-order chi connectivity index (χ0) is 19.1. The van der Waals surface area contributed by atoms with Crippen LogP contribution in [0.3, 0.4) is 0 Å². The molecule has 0 aliphatic heterocycles. The molecule has 0 spiro atoms. The molecule has 3 aromatic heterocycles. The lowest BCUT2D eigenvalue weighted by Gasteiger charge is -2.12. The number of nitrogens with zero attached hydrogens (tertiary/aromatic N) is 5. The maximum absolute atomic E-state index is 4.60. The molecule has 6 heteroatoms. The summed E-state index contributed by atoms with van der Waals surface area (Å²) in [5.74, 6) is 0. The molecule has 2 aromatic carbocycles. The van der Waals surface area contributed by atoms with Gasteiger partial charge < -0.3 is 9.88 Å². The van der Waals surface area contributed by atoms with Crippen LogP contribution in [-0.4, -0.2) is 24.3 Å². The first-order chi connectivity index (χ1) is 13.7. The predicted molar refractivity (Wildman–Crippen MR) is 112 cm³/mol. The number of benzene rings is 2. The smallest absolute Gasteiger partial charge is 0.0966 e. The molecule has 3 heterocycles. The average Bonchev–Trinajstić information content (AvgIpc) is 3.31. The second kappa shape index (κ2) is 6.49. The number of aromatic nitrogens is 5. The lowest BCUT2D eigenvalue weighted by Crippen LogP contribution is -2.05. The molecule has 6 nitrogen and oxygen atoms in total. The zero-order valence-electron chi connectivity index (χ0n) is 15.8. The number of hydrogen-bond acceptors (Lipinski definition) is 4. The van der Waals surface area contributed by atoms with E-state index in [1.807, 2.05) is 30.1 Å². The van der Waals surface area contributed by atoms with E-state index in [9.17, 15) is 0 Å². The van der Waals surface area contributed by atoms with Gasteiger partial charge in [-0.05, 0) is 41.3 Å². The first-order valence-corrected chi connectivity index (χ1v) is 9.20. The van der Waals surface area contributed by atoms with Crippen molar-refractivity contribution in [1.29, 1.82) is 0 Å². The highest BCUT2D eigenvalue weighted by Gasteiger charge is 2.11. The fourth-order valence-electron chi connectivity index (χ4n) is 3.59. The second-order valence-electron chi connectivity index (χ2n) is 6.95. The SMILES string of the molecule is Cn1nccc1CNc1cc(-c2ccc3ccn(C)c3c2)c2nccnc2c1. The van der Waals surface area contributed by atoms with Crippen molar-refractivity contribution in [3.63, 3.8) is 0 Å². The summed E-state index contributed by atoms with van der Waals surface area (Å²) in [5, 5.41) is 8.96. The highest BCUT2D eigenvalue weighted by Crippen LogP contribution is 2.32. The monoisotopic (exact) mass is 368 g/mol. The van der Waals surface area contributed by atoms with Crippen molar-refractivity contribution in [2.45, 2.75) is 6.54 Å². The van der Waals surface area contributed by atoms with Crippen LogP contribution in [0.25, 0.3) is 33.1 Å². The Kier molecular flexibility index (Phi) is 3.83. The van der Waals surface area contributed by atoms with Crippen LogP contribution in [0, 0.1) is 0 Å². The quantitative estimate of drug-likeness (QED) is 0.518. The third-order valence-corrected chi connectivity index (χ3v) is 5.17. The molecule has 0 fully saturated rings. The number of nitrogens with one attached hydrogen (secondary N) is 1. The van der Waals surface area contributed by atoms with Crippen molar-refractivity contribution >= 4 is 27.6 Å². The number of hydrogen-bond donors (Lipinski definition) is 1. The Labute approximate surface area is 162 Å². The lowest BCUT2D eigenvalue weighted by atomic mass is 10.0. The van der Waals surface area contributed by atoms with Gasteiger partial charge in [0.1, 0.15) is 0 Å². The third kappa shape index (κ3) is 2.79. The minimum absolute atomic E-state index is 0.693. The van der Waals surface area contributed by atoms with Gasteiger partial charge in [-0.25, -0.2) is 0 Å². The van der Waals surface area contributed by atoms with Gasteiger partial charge in [0.15, 0.2) is 0 Å². The van der Waals surface area contributed by atoms with E-state index in [1.165, 1.54) is 10.9 Å². The number of aryl methyl sites for hydroxylation is 2. The van der Waals surface area contributed by atoms with Crippen molar-refractivity contribution in [2.75, 3.05) is 5.32 Å². The van der Waals surface area contributed by atoms with Gasteiger partial charge in [0.2, 0.25) is 0 Å². The van der Waals surface area contributed by atoms with Gasteiger partial charge in [-0.1, -0.05) is 12.1 Å². The Morgan fingerprint density at radius 3 is 2.68 bits per heavy atom. The zero-order valence-corrected chi connectivity index (χ0v) is 15.8. The first-order valence-electron chi connectivity index (χ1n) is 9.20. The van der Waals surface area contributed by atoms with E-state index >= 15 is 0 Å². The molecule has 138 valence electrons. The maximum Gasteiger partial charge on any atom is 0.0966 e. The fourth-order valence-corrected chi connectivity index (χ4v) is 3.59. The normalized spacial score (nSPS) is 11.4. The van der Waals surface area contributed by atoms with Crippen LogP contribution in [0.2, 0.25) is 0 Å². The highest BCUT2D eigenvalue weighted by molar-refractivity contribution is 5.97. The van der Waals surface area contributed by atoms with Crippen molar-refractivity contribution in [2.24, 2.45) is 14.1 Å². The molecule has 0 aliphatic rings. The summed E-state index contributed by atoms with van der Waals surface area (Å²) in [5.41, 5.74) is 7.30. The standard InChI is InChI=1S/C22H20N6/c1-27-10-6-15-3-4-16(11-21(15)27)19-12-17(13-20-22(19)24-9-8-23-20)25-14-18-5-7-26-28(18)2/h3-13,25H,14H2,1-2H3. The van der Waals surface area contributed by atoms with E-state index in [0.29, 0.717) is 6.54 Å². The van der Waals surface area contributed by atoms with E-state index in [2.05, 4.69) is 68.5 Å². The van der Waals surface area contributed by atoms with Crippen LogP contribution >= 0.6 is 0 Å². The topological polar surface area (TPSA) is 60.6 Å². The van der Waals surface area contributed by atoms with Crippen molar-refractivity contribution < 1.29 is 0 Å². The summed E-state index contributed by atoms with van der Waals surface area (Å²) >= 11 is 0. The third-order valence-electron chi connectivity index (χ3n) is 5.17. The summed E-state index contributed by atoms with van der Waals surface area (Å²) in [7, 11) is 4.01. The molecule has 0 unspecified atom stereocenters. The number of rotatable bonds is 4. The first kappa shape index (κ1) is 16.5. The van der Waals surface area contributed by atoms with E-state index in [4.69, 9.17) is 0 Å². The molecule has 28 heavy (non-hydrogen) atoms. The molecule has 0 saturated heterocycles. The molecule has 0 atom stereocenters. The van der Waals surface area contributed by atoms with Crippen molar-refractivity contribution in [1.82, 2.24) is 24.3 Å². The van der Waals surface area contributed by atoms with E-state index in [0.717, 1.165) is 33.5 Å². The van der Waals surface area contributed by atoms with E-state index < -0.39 is 0 Å². The molecule has 5 rings (SSSR count). The summed E-state index contributed by atoms with van der Waals surface area (Å²) in [6, 6.07) is 14.9. The van der Waals surface area contributed by atoms with Gasteiger partial charge in [-0.3, -0.25) is 14.6 Å². The number of fused-ring (bicyclic) bond motifs is 2. The largest absolute Gasteiger partial charge is 0.379 e. The van der Waals surface area contributed by atoms with Gasteiger partial charge in [-0.15, -0.1) is 0 Å². The van der Waals surface area contributed by atoms with Gasteiger partial charge in [-0.2, -0.15) is 5.10 Å². The van der Waals surface area contributed by atoms with E-state index in [1.54, 1.807) is 12.4 Å². The fraction of sp³-hybridized carbons (Fsp3) is 0.136. The molecule has 0 saturated carbocycles. The Balaban J connectivity index is 1.61. The minimum Gasteiger partial charge on any atom is -0.379 e. The molecule has 5 aromatic rings. The Morgan fingerprint density at radius 1 is 0.929 bits per heavy atom. The summed E-state index contributed by atoms with van der Waals surface area (Å²) in [6.45, 7) is 0.693. The maximum atomic E-state index is 4.60. The van der Waals surface area contributed by atoms with Crippen molar-refractivity contribution in [3.05, 3.63) is 72.9 Å². The van der Waals surface area contributed by atoms with Gasteiger partial charge in [0, 0.05) is 55.7 Å². The molecule has 0 aliphatic carbocycles. The lowest BCUT2D eigenvalue weighted by molar-refractivity contribution is 0.720. The Bertz CT molecular complexity index is 1300. The van der Waals surface area contributed by atoms with Crippen LogP contribution in [0.4, 0.5) is 5.69 Å². The van der Waals surface area contributed by atoms with Gasteiger partial charge in [0.25, 0.3) is 0 Å². The molecular weight excluding hydrogens is 348 g/mol. The molecule has 0 radical (unpaired) electrons. The van der Waals surface area contributed by atoms with Crippen LogP contribution in [-0.2, 0) is 20.6 Å². The molecular formula is C22H20N6. The Morgan fingerprint density at radius 2 is 1.82 bits per heavy atom. The van der Waals surface area contributed by atoms with Gasteiger partial charge >= 0.3 is 0 Å². The van der Waals surface area contributed by atoms with Crippen LogP contribution in [0.5, 0.6) is 0 Å². The van der Waals surface area contributed by atoms with Crippen LogP contribution in [0.15, 0.2) is 67.3 Å². The predicted octanol–water partition coefficient (Wildman–Crippen LogP) is 4.13. The summed E-state index contributed by atoms with van der Waals surface area (Å²) in [4.78, 5) is 9.14. The molecule has 0 amide bonds. The summed E-state index contributed by atoms with van der Waals surface area (Å²) < 4.78 is 4.01.